The zero-order valence-electron chi connectivity index (χ0n) is 16.8. The van der Waals surface area contributed by atoms with E-state index >= 15 is 0 Å². The first-order valence-corrected chi connectivity index (χ1v) is 12.3. The molecule has 0 saturated carbocycles. The van der Waals surface area contributed by atoms with Gasteiger partial charge < -0.3 is 10.1 Å². The molecule has 2 fully saturated rings. The van der Waals surface area contributed by atoms with Crippen LogP contribution in [0.5, 0.6) is 0 Å². The molecule has 1 aromatic heterocycles. The van der Waals surface area contributed by atoms with E-state index < -0.39 is 20.1 Å². The molecule has 3 aromatic rings. The van der Waals surface area contributed by atoms with Gasteiger partial charge in [0.2, 0.25) is 0 Å². The Labute approximate surface area is 179 Å². The van der Waals surface area contributed by atoms with Crippen molar-refractivity contribution in [2.45, 2.75) is 30.6 Å². The molecule has 2 aliphatic heterocycles. The summed E-state index contributed by atoms with van der Waals surface area (Å²) in [4.78, 5) is 0. The summed E-state index contributed by atoms with van der Waals surface area (Å²) in [6.07, 6.45) is 0.340. The minimum Gasteiger partial charge on any atom is -0.379 e. The van der Waals surface area contributed by atoms with Crippen LogP contribution >= 0.6 is 11.3 Å². The van der Waals surface area contributed by atoms with Crippen LogP contribution in [0.3, 0.4) is 0 Å². The normalized spacial score (nSPS) is 27.9. The third-order valence-corrected chi connectivity index (χ3v) is 10.1. The molecule has 0 bridgehead atoms. The molecule has 154 valence electrons. The molecule has 1 spiro atoms. The number of hydrogen-bond donors (Lipinski definition) is 2. The lowest BCUT2D eigenvalue weighted by molar-refractivity contribution is 0.193. The first kappa shape index (κ1) is 19.6. The Morgan fingerprint density at radius 2 is 1.90 bits per heavy atom. The highest BCUT2D eigenvalue weighted by atomic mass is 32.2. The Bertz CT molecular complexity index is 1370. The number of amidine groups is 1. The number of sulfone groups is 1. The van der Waals surface area contributed by atoms with Crippen LogP contribution in [0.25, 0.3) is 20.2 Å². The minimum atomic E-state index is -3.55. The molecule has 2 saturated heterocycles. The Morgan fingerprint density at radius 1 is 1.17 bits per heavy atom. The first-order chi connectivity index (χ1) is 14.3. The van der Waals surface area contributed by atoms with Crippen LogP contribution in [-0.2, 0) is 20.1 Å². The summed E-state index contributed by atoms with van der Waals surface area (Å²) in [7, 11) is -3.55. The maximum absolute atomic E-state index is 13.3. The fourth-order valence-electron chi connectivity index (χ4n) is 4.59. The summed E-state index contributed by atoms with van der Waals surface area (Å²) in [5.41, 5.74) is 0.959. The summed E-state index contributed by atoms with van der Waals surface area (Å²) in [5.74, 6) is 6.03. The van der Waals surface area contributed by atoms with Gasteiger partial charge in [0.1, 0.15) is 5.84 Å². The van der Waals surface area contributed by atoms with E-state index in [1.807, 2.05) is 32.0 Å². The van der Waals surface area contributed by atoms with Gasteiger partial charge in [-0.2, -0.15) is 0 Å². The second-order valence-electron chi connectivity index (χ2n) is 8.29. The maximum atomic E-state index is 13.3. The first-order valence-electron chi connectivity index (χ1n) is 9.85. The Morgan fingerprint density at radius 3 is 2.57 bits per heavy atom. The summed E-state index contributed by atoms with van der Waals surface area (Å²) in [5, 5.41) is 14.0. The second-order valence-corrected chi connectivity index (χ2v) is 11.7. The van der Waals surface area contributed by atoms with Crippen molar-refractivity contribution in [1.29, 1.82) is 5.41 Å². The molecule has 5 rings (SSSR count). The largest absolute Gasteiger partial charge is 0.379 e. The van der Waals surface area contributed by atoms with Crippen molar-refractivity contribution in [3.63, 3.8) is 0 Å². The van der Waals surface area contributed by atoms with Gasteiger partial charge in [0.25, 0.3) is 0 Å². The second kappa shape index (κ2) is 6.55. The van der Waals surface area contributed by atoms with E-state index in [2.05, 4.69) is 35.4 Å². The van der Waals surface area contributed by atoms with Crippen molar-refractivity contribution in [2.24, 2.45) is 0 Å². The van der Waals surface area contributed by atoms with Gasteiger partial charge >= 0.3 is 0 Å². The Hall–Kier alpha value is -2.40. The summed E-state index contributed by atoms with van der Waals surface area (Å²) in [6.45, 7) is 4.12. The lowest BCUT2D eigenvalue weighted by Gasteiger charge is -2.44. The van der Waals surface area contributed by atoms with Crippen LogP contribution in [-0.4, -0.2) is 38.0 Å². The molecule has 0 aliphatic carbocycles. The van der Waals surface area contributed by atoms with Crippen LogP contribution in [0, 0.1) is 17.3 Å². The van der Waals surface area contributed by atoms with Gasteiger partial charge in [-0.15, -0.1) is 17.3 Å². The van der Waals surface area contributed by atoms with Gasteiger partial charge in [-0.1, -0.05) is 12.0 Å². The lowest BCUT2D eigenvalue weighted by Crippen LogP contribution is -2.66. The molecule has 2 N–H and O–H groups in total. The third-order valence-electron chi connectivity index (χ3n) is 6.29. The van der Waals surface area contributed by atoms with Crippen LogP contribution in [0.4, 0.5) is 0 Å². The molecule has 30 heavy (non-hydrogen) atoms. The van der Waals surface area contributed by atoms with E-state index in [4.69, 9.17) is 10.1 Å². The van der Waals surface area contributed by atoms with E-state index in [0.29, 0.717) is 13.0 Å². The number of ether oxygens (including phenoxy) is 1. The van der Waals surface area contributed by atoms with Crippen molar-refractivity contribution in [3.8, 4) is 11.8 Å². The van der Waals surface area contributed by atoms with Gasteiger partial charge in [0.05, 0.1) is 17.9 Å². The van der Waals surface area contributed by atoms with Gasteiger partial charge in [-0.25, -0.2) is 8.42 Å². The lowest BCUT2D eigenvalue weighted by atomic mass is 9.90. The monoisotopic (exact) mass is 438 g/mol. The predicted octanol–water partition coefficient (Wildman–Crippen LogP) is 3.80. The van der Waals surface area contributed by atoms with Crippen LogP contribution in [0.1, 0.15) is 31.4 Å². The van der Waals surface area contributed by atoms with Gasteiger partial charge in [-0.3, -0.25) is 5.41 Å². The van der Waals surface area contributed by atoms with Crippen LogP contribution < -0.4 is 5.32 Å². The van der Waals surface area contributed by atoms with Crippen molar-refractivity contribution in [2.75, 3.05) is 19.0 Å². The average molecular weight is 439 g/mol. The van der Waals surface area contributed by atoms with E-state index in [9.17, 15) is 8.42 Å². The minimum absolute atomic E-state index is 0.0459. The zero-order chi connectivity index (χ0) is 21.1. The maximum Gasteiger partial charge on any atom is 0.168 e. The Balaban J connectivity index is 1.63. The SMILES string of the molecule is CC#Cc1ccc2sc3ccc([C@]4(C)CS(=O)(=O)[C@]5(CCOC5)C(=N)N4)cc3c2c1. The molecule has 2 aromatic carbocycles. The highest BCUT2D eigenvalue weighted by molar-refractivity contribution is 7.93. The average Bonchev–Trinajstić information content (AvgIpc) is 3.32. The fraction of sp³-hybridized carbons (Fsp3) is 0.348. The van der Waals surface area contributed by atoms with Gasteiger partial charge in [0, 0.05) is 32.3 Å². The molecular formula is C23H22N2O3S2. The summed E-state index contributed by atoms with van der Waals surface area (Å²) >= 11 is 1.71. The topological polar surface area (TPSA) is 79.2 Å². The third kappa shape index (κ3) is 2.71. The number of nitrogens with one attached hydrogen (secondary N) is 2. The number of fused-ring (bicyclic) bond motifs is 3. The van der Waals surface area contributed by atoms with E-state index in [1.54, 1.807) is 11.3 Å². The van der Waals surface area contributed by atoms with Crippen molar-refractivity contribution in [3.05, 3.63) is 47.5 Å². The van der Waals surface area contributed by atoms with Crippen LogP contribution in [0.15, 0.2) is 36.4 Å². The Kier molecular flexibility index (Phi) is 4.27. The summed E-state index contributed by atoms with van der Waals surface area (Å²) < 4.78 is 33.0. The molecule has 0 radical (unpaired) electrons. The highest BCUT2D eigenvalue weighted by Crippen LogP contribution is 2.41. The van der Waals surface area contributed by atoms with E-state index in [0.717, 1.165) is 26.6 Å². The molecule has 2 aliphatic rings. The predicted molar refractivity (Wildman–Crippen MR) is 122 cm³/mol. The van der Waals surface area contributed by atoms with E-state index in [-0.39, 0.29) is 18.2 Å². The number of thiophene rings is 1. The highest BCUT2D eigenvalue weighted by Gasteiger charge is 2.58. The van der Waals surface area contributed by atoms with Gasteiger partial charge in [0.15, 0.2) is 14.6 Å². The smallest absolute Gasteiger partial charge is 0.168 e. The van der Waals surface area contributed by atoms with Gasteiger partial charge in [-0.05, 0) is 56.2 Å². The van der Waals surface area contributed by atoms with Crippen molar-refractivity contribution >= 4 is 47.2 Å². The molecule has 7 heteroatoms. The molecule has 0 amide bonds. The van der Waals surface area contributed by atoms with Crippen LogP contribution in [0.2, 0.25) is 0 Å². The standard InChI is InChI=1S/C23H22N2O3S2/c1-3-4-15-5-7-19-17(11-15)18-12-16(6-8-20(18)29-19)22(2)14-30(26,27)23(21(24)25-22)9-10-28-13-23/h5-8,11-12H,9-10,13-14H2,1-2H3,(H2,24,25)/t22-,23-/m0/s1. The molecule has 3 heterocycles. The van der Waals surface area contributed by atoms with E-state index in [1.165, 1.54) is 4.70 Å². The summed E-state index contributed by atoms with van der Waals surface area (Å²) in [6, 6.07) is 12.3. The zero-order valence-corrected chi connectivity index (χ0v) is 18.5. The number of benzene rings is 2. The van der Waals surface area contributed by atoms with Crippen molar-refractivity contribution in [1.82, 2.24) is 5.32 Å². The molecule has 0 unspecified atom stereocenters. The molecule has 5 nitrogen and oxygen atoms in total. The molecular weight excluding hydrogens is 416 g/mol. The quantitative estimate of drug-likeness (QED) is 0.567. The fourth-order valence-corrected chi connectivity index (χ4v) is 7.95. The number of rotatable bonds is 1. The molecule has 2 atom stereocenters. The van der Waals surface area contributed by atoms with Crippen molar-refractivity contribution < 1.29 is 13.2 Å². The number of hydrogen-bond acceptors (Lipinski definition) is 5.